The quantitative estimate of drug-likeness (QED) is 0.839. The molecule has 1 aromatic rings. The maximum Gasteiger partial charge on any atom is 0.141 e. The minimum Gasteiger partial charge on any atom is -0.308 e. The Bertz CT molecular complexity index is 424. The molecular weight excluding hydrogens is 262 g/mol. The highest BCUT2D eigenvalue weighted by Crippen LogP contribution is 2.25. The highest BCUT2D eigenvalue weighted by molar-refractivity contribution is 4.98. The van der Waals surface area contributed by atoms with Crippen LogP contribution in [0.15, 0.2) is 6.33 Å². The topological polar surface area (TPSA) is 46.0 Å². The van der Waals surface area contributed by atoms with Gasteiger partial charge in [-0.25, -0.2) is 9.67 Å². The normalized spacial score (nSPS) is 22.6. The zero-order chi connectivity index (χ0) is 15.3. The van der Waals surface area contributed by atoms with Gasteiger partial charge >= 0.3 is 0 Å². The van der Waals surface area contributed by atoms with Crippen LogP contribution >= 0.6 is 0 Å². The molecule has 21 heavy (non-hydrogen) atoms. The third-order valence-corrected chi connectivity index (χ3v) is 5.05. The Balaban J connectivity index is 2.14. The zero-order valence-corrected chi connectivity index (χ0v) is 14.1. The van der Waals surface area contributed by atoms with Gasteiger partial charge in [-0.15, -0.1) is 0 Å². The molecule has 1 aliphatic rings. The van der Waals surface area contributed by atoms with Gasteiger partial charge in [0.05, 0.1) is 6.54 Å². The van der Waals surface area contributed by atoms with Crippen LogP contribution in [0.2, 0.25) is 0 Å². The second kappa shape index (κ2) is 7.36. The Morgan fingerprint density at radius 1 is 1.29 bits per heavy atom. The number of hydrogen-bond acceptors (Lipinski definition) is 4. The largest absolute Gasteiger partial charge is 0.308 e. The molecule has 0 aliphatic carbocycles. The van der Waals surface area contributed by atoms with Crippen molar-refractivity contribution in [1.82, 2.24) is 25.0 Å². The van der Waals surface area contributed by atoms with E-state index in [1.807, 2.05) is 4.68 Å². The second-order valence-electron chi connectivity index (χ2n) is 6.21. The fraction of sp³-hybridized carbons (Fsp3) is 0.875. The van der Waals surface area contributed by atoms with Crippen molar-refractivity contribution in [3.63, 3.8) is 0 Å². The van der Waals surface area contributed by atoms with Gasteiger partial charge in [0.1, 0.15) is 12.2 Å². The molecule has 5 nitrogen and oxygen atoms in total. The summed E-state index contributed by atoms with van der Waals surface area (Å²) in [6.07, 6.45) is 6.52. The van der Waals surface area contributed by atoms with Crippen LogP contribution < -0.4 is 5.32 Å². The van der Waals surface area contributed by atoms with Crippen LogP contribution in [0.3, 0.4) is 0 Å². The average molecular weight is 293 g/mol. The Hall–Kier alpha value is -0.940. The third kappa shape index (κ3) is 3.64. The van der Waals surface area contributed by atoms with Crippen molar-refractivity contribution in [2.24, 2.45) is 0 Å². The van der Waals surface area contributed by atoms with E-state index < -0.39 is 0 Å². The van der Waals surface area contributed by atoms with Gasteiger partial charge in [-0.3, -0.25) is 4.90 Å². The molecule has 0 amide bonds. The molecule has 1 fully saturated rings. The number of aromatic nitrogens is 3. The first-order valence-corrected chi connectivity index (χ1v) is 8.53. The van der Waals surface area contributed by atoms with Crippen molar-refractivity contribution in [1.29, 1.82) is 0 Å². The summed E-state index contributed by atoms with van der Waals surface area (Å²) in [5.41, 5.74) is 0.265. The Kier molecular flexibility index (Phi) is 5.76. The summed E-state index contributed by atoms with van der Waals surface area (Å²) in [7, 11) is 0. The summed E-state index contributed by atoms with van der Waals surface area (Å²) in [5, 5.41) is 8.13. The van der Waals surface area contributed by atoms with Crippen molar-refractivity contribution in [2.45, 2.75) is 78.0 Å². The molecule has 1 aromatic heterocycles. The van der Waals surface area contributed by atoms with Crippen molar-refractivity contribution in [3.05, 3.63) is 12.2 Å². The molecule has 0 radical (unpaired) electrons. The predicted octanol–water partition coefficient (Wildman–Crippen LogP) is 2.43. The van der Waals surface area contributed by atoms with Crippen molar-refractivity contribution >= 4 is 0 Å². The summed E-state index contributed by atoms with van der Waals surface area (Å²) < 4.78 is 2.02. The van der Waals surface area contributed by atoms with E-state index >= 15 is 0 Å². The molecule has 1 atom stereocenters. The second-order valence-corrected chi connectivity index (χ2v) is 6.21. The smallest absolute Gasteiger partial charge is 0.141 e. The maximum absolute atomic E-state index is 4.46. The van der Waals surface area contributed by atoms with E-state index in [0.29, 0.717) is 6.04 Å². The lowest BCUT2D eigenvalue weighted by Crippen LogP contribution is -2.63. The first-order valence-electron chi connectivity index (χ1n) is 8.53. The molecule has 2 rings (SSSR count). The SMILES string of the molecule is CCCC1CNC(CC)(CC)CN1Cc1ncnn1CC. The van der Waals surface area contributed by atoms with Crippen LogP contribution in [0.25, 0.3) is 0 Å². The molecule has 1 N–H and O–H groups in total. The molecule has 0 bridgehead atoms. The Morgan fingerprint density at radius 3 is 2.67 bits per heavy atom. The summed E-state index contributed by atoms with van der Waals surface area (Å²) >= 11 is 0. The monoisotopic (exact) mass is 293 g/mol. The first kappa shape index (κ1) is 16.4. The minimum atomic E-state index is 0.265. The van der Waals surface area contributed by atoms with Crippen LogP contribution in [0.5, 0.6) is 0 Å². The molecule has 1 unspecified atom stereocenters. The third-order valence-electron chi connectivity index (χ3n) is 5.05. The van der Waals surface area contributed by atoms with Crippen molar-refractivity contribution in [3.8, 4) is 0 Å². The van der Waals surface area contributed by atoms with Gasteiger partial charge in [-0.2, -0.15) is 5.10 Å². The molecular formula is C16H31N5. The molecule has 1 aliphatic heterocycles. The van der Waals surface area contributed by atoms with Gasteiger partial charge < -0.3 is 5.32 Å². The molecule has 0 aromatic carbocycles. The fourth-order valence-corrected chi connectivity index (χ4v) is 3.42. The van der Waals surface area contributed by atoms with Crippen LogP contribution in [-0.4, -0.2) is 44.3 Å². The highest BCUT2D eigenvalue weighted by atomic mass is 15.4. The van der Waals surface area contributed by atoms with E-state index in [1.54, 1.807) is 6.33 Å². The first-order chi connectivity index (χ1) is 10.2. The minimum absolute atomic E-state index is 0.265. The highest BCUT2D eigenvalue weighted by Gasteiger charge is 2.36. The number of nitrogens with one attached hydrogen (secondary N) is 1. The van der Waals surface area contributed by atoms with Crippen molar-refractivity contribution < 1.29 is 0 Å². The molecule has 0 spiro atoms. The lowest BCUT2D eigenvalue weighted by atomic mass is 9.87. The Labute approximate surface area is 129 Å². The van der Waals surface area contributed by atoms with Crippen LogP contribution in [0.1, 0.15) is 59.2 Å². The molecule has 5 heteroatoms. The van der Waals surface area contributed by atoms with Gasteiger partial charge in [0.15, 0.2) is 0 Å². The lowest BCUT2D eigenvalue weighted by molar-refractivity contribution is 0.0585. The van der Waals surface area contributed by atoms with Crippen LogP contribution in [0, 0.1) is 0 Å². The molecule has 1 saturated heterocycles. The maximum atomic E-state index is 4.46. The van der Waals surface area contributed by atoms with Gasteiger partial charge in [-0.05, 0) is 26.2 Å². The van der Waals surface area contributed by atoms with Crippen LogP contribution in [0.4, 0.5) is 0 Å². The van der Waals surface area contributed by atoms with Gasteiger partial charge in [-0.1, -0.05) is 27.2 Å². The summed E-state index contributed by atoms with van der Waals surface area (Å²) in [5.74, 6) is 1.10. The summed E-state index contributed by atoms with van der Waals surface area (Å²) in [4.78, 5) is 7.09. The Morgan fingerprint density at radius 2 is 2.05 bits per heavy atom. The van der Waals surface area contributed by atoms with Gasteiger partial charge in [0.25, 0.3) is 0 Å². The number of hydrogen-bond donors (Lipinski definition) is 1. The van der Waals surface area contributed by atoms with Gasteiger partial charge in [0, 0.05) is 31.2 Å². The molecule has 2 heterocycles. The van der Waals surface area contributed by atoms with E-state index in [-0.39, 0.29) is 5.54 Å². The molecule has 120 valence electrons. The van der Waals surface area contributed by atoms with E-state index in [0.717, 1.165) is 32.0 Å². The average Bonchev–Trinajstić information content (AvgIpc) is 2.96. The van der Waals surface area contributed by atoms with Crippen LogP contribution in [-0.2, 0) is 13.1 Å². The molecule has 0 saturated carbocycles. The van der Waals surface area contributed by atoms with E-state index in [9.17, 15) is 0 Å². The lowest BCUT2D eigenvalue weighted by Gasteiger charge is -2.47. The number of rotatable bonds is 7. The predicted molar refractivity (Wildman–Crippen MR) is 86.1 cm³/mol. The number of nitrogens with zero attached hydrogens (tertiary/aromatic N) is 4. The van der Waals surface area contributed by atoms with E-state index in [4.69, 9.17) is 0 Å². The van der Waals surface area contributed by atoms with E-state index in [1.165, 1.54) is 25.7 Å². The zero-order valence-electron chi connectivity index (χ0n) is 14.1. The van der Waals surface area contributed by atoms with E-state index in [2.05, 4.69) is 48.0 Å². The van der Waals surface area contributed by atoms with Crippen molar-refractivity contribution in [2.75, 3.05) is 13.1 Å². The van der Waals surface area contributed by atoms with Gasteiger partial charge in [0.2, 0.25) is 0 Å². The summed E-state index contributed by atoms with van der Waals surface area (Å²) in [6, 6.07) is 0.614. The standard InChI is InChI=1S/C16H31N5/c1-5-9-14-10-18-16(6-2,7-3)12-20(14)11-15-17-13-19-21(15)8-4/h13-14,18H,5-12H2,1-4H3. The number of aryl methyl sites for hydroxylation is 1. The fourth-order valence-electron chi connectivity index (χ4n) is 3.42. The summed E-state index contributed by atoms with van der Waals surface area (Å²) in [6.45, 7) is 13.0. The number of piperazine rings is 1.